The van der Waals surface area contributed by atoms with Crippen molar-refractivity contribution in [2.45, 2.75) is 18.9 Å². The Hall–Kier alpha value is -0.250. The molecular weight excluding hydrogens is 300 g/mol. The lowest BCUT2D eigenvalue weighted by Crippen LogP contribution is -2.39. The topological polar surface area (TPSA) is 15.3 Å². The van der Waals surface area contributed by atoms with Crippen LogP contribution in [0.25, 0.3) is 0 Å². The summed E-state index contributed by atoms with van der Waals surface area (Å²) < 4.78 is 0.988. The summed E-state index contributed by atoms with van der Waals surface area (Å²) in [5, 5.41) is 4.44. The standard InChI is InChI=1S/C13H16BrClN2/c14-13-10(15)2-1-3-12(13)16-11-5-7-17-6-4-9(11)8-17/h1-3,9,11,16H,4-8H2. The summed E-state index contributed by atoms with van der Waals surface area (Å²) >= 11 is 9.67. The van der Waals surface area contributed by atoms with Crippen LogP contribution in [0.5, 0.6) is 0 Å². The maximum absolute atomic E-state index is 6.11. The SMILES string of the molecule is Clc1cccc(NC2CCN3CCC2C3)c1Br. The lowest BCUT2D eigenvalue weighted by molar-refractivity contribution is 0.255. The third kappa shape index (κ3) is 2.33. The van der Waals surface area contributed by atoms with E-state index in [0.717, 1.165) is 21.1 Å². The van der Waals surface area contributed by atoms with Gasteiger partial charge in [-0.3, -0.25) is 0 Å². The van der Waals surface area contributed by atoms with Crippen molar-refractivity contribution in [3.8, 4) is 0 Å². The Morgan fingerprint density at radius 2 is 2.12 bits per heavy atom. The molecular formula is C13H16BrClN2. The maximum atomic E-state index is 6.11. The van der Waals surface area contributed by atoms with Crippen LogP contribution >= 0.6 is 27.5 Å². The first-order valence-corrected chi connectivity index (χ1v) is 7.34. The van der Waals surface area contributed by atoms with E-state index in [4.69, 9.17) is 11.6 Å². The third-order valence-corrected chi connectivity index (χ3v) is 5.32. The highest BCUT2D eigenvalue weighted by Crippen LogP contribution is 2.34. The summed E-state index contributed by atoms with van der Waals surface area (Å²) in [6.07, 6.45) is 2.57. The van der Waals surface area contributed by atoms with Crippen molar-refractivity contribution in [1.82, 2.24) is 4.90 Å². The van der Waals surface area contributed by atoms with Crippen LogP contribution in [0.1, 0.15) is 12.8 Å². The number of halogens is 2. The Kier molecular flexibility index (Phi) is 3.33. The molecule has 1 aromatic carbocycles. The molecule has 1 N–H and O–H groups in total. The number of anilines is 1. The number of fused-ring (bicyclic) bond motifs is 2. The zero-order chi connectivity index (χ0) is 11.8. The zero-order valence-corrected chi connectivity index (χ0v) is 12.0. The largest absolute Gasteiger partial charge is 0.381 e. The first-order valence-electron chi connectivity index (χ1n) is 6.17. The van der Waals surface area contributed by atoms with E-state index >= 15 is 0 Å². The fourth-order valence-electron chi connectivity index (χ4n) is 2.96. The Morgan fingerprint density at radius 1 is 1.29 bits per heavy atom. The van der Waals surface area contributed by atoms with Gasteiger partial charge in [0.2, 0.25) is 0 Å². The lowest BCUT2D eigenvalue weighted by Gasteiger charge is -2.32. The van der Waals surface area contributed by atoms with Crippen LogP contribution in [0.15, 0.2) is 22.7 Å². The minimum Gasteiger partial charge on any atom is -0.381 e. The predicted octanol–water partition coefficient (Wildman–Crippen LogP) is 3.61. The van der Waals surface area contributed by atoms with Gasteiger partial charge in [0.1, 0.15) is 0 Å². The summed E-state index contributed by atoms with van der Waals surface area (Å²) in [5.74, 6) is 0.801. The minimum absolute atomic E-state index is 0.600. The predicted molar refractivity (Wildman–Crippen MR) is 75.7 cm³/mol. The number of rotatable bonds is 2. The molecule has 0 aliphatic carbocycles. The number of benzene rings is 1. The average Bonchev–Trinajstić information content (AvgIpc) is 2.71. The van der Waals surface area contributed by atoms with Crippen LogP contribution in [0, 0.1) is 5.92 Å². The van der Waals surface area contributed by atoms with E-state index in [9.17, 15) is 0 Å². The van der Waals surface area contributed by atoms with E-state index in [0.29, 0.717) is 6.04 Å². The molecule has 92 valence electrons. The van der Waals surface area contributed by atoms with Gasteiger partial charge in [-0.25, -0.2) is 0 Å². The second-order valence-electron chi connectivity index (χ2n) is 4.99. The molecule has 3 unspecified atom stereocenters. The van der Waals surface area contributed by atoms with E-state index < -0.39 is 0 Å². The van der Waals surface area contributed by atoms with Gasteiger partial charge < -0.3 is 10.2 Å². The van der Waals surface area contributed by atoms with Gasteiger partial charge in [-0.1, -0.05) is 17.7 Å². The van der Waals surface area contributed by atoms with Crippen molar-refractivity contribution >= 4 is 33.2 Å². The van der Waals surface area contributed by atoms with Crippen molar-refractivity contribution in [1.29, 1.82) is 0 Å². The lowest BCUT2D eigenvalue weighted by atomic mass is 9.94. The Balaban J connectivity index is 1.76. The molecule has 3 rings (SSSR count). The molecule has 2 saturated heterocycles. The van der Waals surface area contributed by atoms with Gasteiger partial charge in [-0.15, -0.1) is 0 Å². The van der Waals surface area contributed by atoms with E-state index in [1.165, 1.54) is 32.5 Å². The monoisotopic (exact) mass is 314 g/mol. The Labute approximate surface area is 115 Å². The molecule has 0 aromatic heterocycles. The van der Waals surface area contributed by atoms with Gasteiger partial charge in [0, 0.05) is 19.1 Å². The average molecular weight is 316 g/mol. The van der Waals surface area contributed by atoms with Gasteiger partial charge in [0.15, 0.2) is 0 Å². The van der Waals surface area contributed by atoms with Crippen LogP contribution in [0.2, 0.25) is 5.02 Å². The van der Waals surface area contributed by atoms with Crippen molar-refractivity contribution in [2.24, 2.45) is 5.92 Å². The molecule has 17 heavy (non-hydrogen) atoms. The fourth-order valence-corrected chi connectivity index (χ4v) is 3.51. The molecule has 2 aliphatic heterocycles. The second kappa shape index (κ2) is 4.79. The van der Waals surface area contributed by atoms with E-state index in [1.54, 1.807) is 0 Å². The second-order valence-corrected chi connectivity index (χ2v) is 6.19. The molecule has 1 aromatic rings. The molecule has 2 aliphatic rings. The minimum atomic E-state index is 0.600. The van der Waals surface area contributed by atoms with Gasteiger partial charge in [0.25, 0.3) is 0 Å². The Bertz CT molecular complexity index is 424. The van der Waals surface area contributed by atoms with Gasteiger partial charge in [-0.05, 0) is 53.4 Å². The van der Waals surface area contributed by atoms with Gasteiger partial charge in [-0.2, -0.15) is 0 Å². The molecule has 2 nitrogen and oxygen atoms in total. The van der Waals surface area contributed by atoms with Crippen LogP contribution in [-0.2, 0) is 0 Å². The fraction of sp³-hybridized carbons (Fsp3) is 0.538. The quantitative estimate of drug-likeness (QED) is 0.897. The first-order chi connectivity index (χ1) is 8.24. The third-order valence-electron chi connectivity index (χ3n) is 3.93. The highest BCUT2D eigenvalue weighted by molar-refractivity contribution is 9.10. The molecule has 2 bridgehead atoms. The summed E-state index contributed by atoms with van der Waals surface area (Å²) in [5.41, 5.74) is 1.13. The van der Waals surface area contributed by atoms with Crippen molar-refractivity contribution < 1.29 is 0 Å². The van der Waals surface area contributed by atoms with Crippen molar-refractivity contribution in [2.75, 3.05) is 25.0 Å². The highest BCUT2D eigenvalue weighted by Gasteiger charge is 2.34. The molecule has 0 spiro atoms. The maximum Gasteiger partial charge on any atom is 0.0593 e. The summed E-state index contributed by atoms with van der Waals surface area (Å²) in [4.78, 5) is 2.57. The number of hydrogen-bond acceptors (Lipinski definition) is 2. The van der Waals surface area contributed by atoms with Crippen LogP contribution in [0.4, 0.5) is 5.69 Å². The zero-order valence-electron chi connectivity index (χ0n) is 9.63. The van der Waals surface area contributed by atoms with Gasteiger partial charge in [0.05, 0.1) is 15.2 Å². The van der Waals surface area contributed by atoms with E-state index in [-0.39, 0.29) is 0 Å². The number of nitrogens with one attached hydrogen (secondary N) is 1. The van der Waals surface area contributed by atoms with E-state index in [2.05, 4.69) is 32.2 Å². The molecule has 0 saturated carbocycles. The highest BCUT2D eigenvalue weighted by atomic mass is 79.9. The molecule has 2 heterocycles. The summed E-state index contributed by atoms with van der Waals surface area (Å²) in [7, 11) is 0. The molecule has 0 radical (unpaired) electrons. The van der Waals surface area contributed by atoms with E-state index in [1.807, 2.05) is 12.1 Å². The first kappa shape index (κ1) is 11.8. The van der Waals surface area contributed by atoms with Crippen LogP contribution in [0.3, 0.4) is 0 Å². The van der Waals surface area contributed by atoms with Crippen LogP contribution in [-0.4, -0.2) is 30.6 Å². The molecule has 0 amide bonds. The van der Waals surface area contributed by atoms with Crippen molar-refractivity contribution in [3.63, 3.8) is 0 Å². The number of nitrogens with zero attached hydrogens (tertiary/aromatic N) is 1. The number of hydrogen-bond donors (Lipinski definition) is 1. The molecule has 3 atom stereocenters. The smallest absolute Gasteiger partial charge is 0.0593 e. The molecule has 2 fully saturated rings. The molecule has 4 heteroatoms. The van der Waals surface area contributed by atoms with Crippen LogP contribution < -0.4 is 5.32 Å². The number of piperidine rings is 1. The normalized spacial score (nSPS) is 31.5. The Morgan fingerprint density at radius 3 is 3.00 bits per heavy atom. The summed E-state index contributed by atoms with van der Waals surface area (Å²) in [6, 6.07) is 6.61. The van der Waals surface area contributed by atoms with Crippen molar-refractivity contribution in [3.05, 3.63) is 27.7 Å². The summed E-state index contributed by atoms with van der Waals surface area (Å²) in [6.45, 7) is 3.77. The van der Waals surface area contributed by atoms with Gasteiger partial charge >= 0.3 is 0 Å².